The number of benzene rings is 1. The van der Waals surface area contributed by atoms with Crippen molar-refractivity contribution in [2.45, 2.75) is 79.6 Å². The zero-order valence-electron chi connectivity index (χ0n) is 18.8. The van der Waals surface area contributed by atoms with Gasteiger partial charge >= 0.3 is 0 Å². The summed E-state index contributed by atoms with van der Waals surface area (Å²) >= 11 is 0. The highest BCUT2D eigenvalue weighted by molar-refractivity contribution is 7.86. The Kier molecular flexibility index (Phi) is 11.8. The van der Waals surface area contributed by atoms with Crippen LogP contribution in [0.4, 0.5) is 4.79 Å². The van der Waals surface area contributed by atoms with Crippen LogP contribution >= 0.6 is 7.14 Å². The Balaban J connectivity index is 2.91. The molecule has 1 rings (SSSR count). The molecule has 0 heterocycles. The molecule has 1 amide bonds. The first-order chi connectivity index (χ1) is 13.3. The summed E-state index contributed by atoms with van der Waals surface area (Å²) in [5.41, 5.74) is -0.132. The van der Waals surface area contributed by atoms with Crippen molar-refractivity contribution >= 4 is 18.1 Å². The van der Waals surface area contributed by atoms with Crippen molar-refractivity contribution in [3.05, 3.63) is 30.3 Å². The van der Waals surface area contributed by atoms with E-state index in [0.29, 0.717) is 31.1 Å². The zero-order valence-corrected chi connectivity index (χ0v) is 19.7. The van der Waals surface area contributed by atoms with Crippen molar-refractivity contribution in [2.75, 3.05) is 19.3 Å². The highest BCUT2D eigenvalue weighted by atomic mass is 31.2. The van der Waals surface area contributed by atoms with Crippen LogP contribution in [-0.4, -0.2) is 29.8 Å². The van der Waals surface area contributed by atoms with E-state index in [0.717, 1.165) is 18.1 Å². The van der Waals surface area contributed by atoms with Gasteiger partial charge in [0.1, 0.15) is 0 Å². The lowest BCUT2D eigenvalue weighted by Gasteiger charge is -2.30. The number of unbranched alkanes of at least 4 members (excludes halogenated alkanes) is 6. The van der Waals surface area contributed by atoms with Gasteiger partial charge in [-0.2, -0.15) is 0 Å². The molecule has 1 aromatic rings. The summed E-state index contributed by atoms with van der Waals surface area (Å²) in [4.78, 5) is 15.4. The van der Waals surface area contributed by atoms with Gasteiger partial charge < -0.3 is 9.46 Å². The van der Waals surface area contributed by atoms with E-state index in [2.05, 4.69) is 34.6 Å². The molecule has 3 nitrogen and oxygen atoms in total. The molecule has 0 saturated carbocycles. The molecule has 0 aromatic heterocycles. The molecule has 160 valence electrons. The Morgan fingerprint density at radius 3 is 1.86 bits per heavy atom. The second-order valence-corrected chi connectivity index (χ2v) is 11.7. The summed E-state index contributed by atoms with van der Waals surface area (Å²) in [6.07, 6.45) is 8.65. The monoisotopic (exact) mass is 407 g/mol. The minimum atomic E-state index is -3.11. The topological polar surface area (TPSA) is 37.4 Å². The molecule has 0 N–H and O–H groups in total. The Morgan fingerprint density at radius 2 is 1.36 bits per heavy atom. The van der Waals surface area contributed by atoms with Gasteiger partial charge in [-0.15, -0.1) is 0 Å². The van der Waals surface area contributed by atoms with Crippen LogP contribution in [0.1, 0.15) is 79.6 Å². The smallest absolute Gasteiger partial charge is 0.285 e. The SMILES string of the molecule is CCCCCCCCCP(=O)(C(=O)N(CC(C)C)CC(C)C)c1ccccc1. The van der Waals surface area contributed by atoms with Crippen LogP contribution in [0, 0.1) is 11.8 Å². The van der Waals surface area contributed by atoms with Gasteiger partial charge in [0.25, 0.3) is 5.65 Å². The second-order valence-electron chi connectivity index (χ2n) is 8.90. The third-order valence-electron chi connectivity index (χ3n) is 5.00. The average Bonchev–Trinajstić information content (AvgIpc) is 2.66. The number of hydrogen-bond donors (Lipinski definition) is 0. The predicted molar refractivity (Wildman–Crippen MR) is 123 cm³/mol. The maximum atomic E-state index is 14.1. The van der Waals surface area contributed by atoms with Gasteiger partial charge in [0, 0.05) is 24.6 Å². The Hall–Kier alpha value is -1.08. The fourth-order valence-electron chi connectivity index (χ4n) is 3.64. The van der Waals surface area contributed by atoms with E-state index in [-0.39, 0.29) is 5.65 Å². The molecule has 0 aliphatic rings. The molecule has 0 bridgehead atoms. The molecule has 0 spiro atoms. The molecule has 28 heavy (non-hydrogen) atoms. The van der Waals surface area contributed by atoms with Crippen LogP contribution in [-0.2, 0) is 4.57 Å². The summed E-state index contributed by atoms with van der Waals surface area (Å²) in [5.74, 6) is 0.732. The van der Waals surface area contributed by atoms with Crippen LogP contribution in [0.25, 0.3) is 0 Å². The number of rotatable bonds is 14. The van der Waals surface area contributed by atoms with E-state index in [4.69, 9.17) is 0 Å². The molecule has 0 saturated heterocycles. The lowest BCUT2D eigenvalue weighted by atomic mass is 10.1. The van der Waals surface area contributed by atoms with Crippen LogP contribution < -0.4 is 5.30 Å². The third kappa shape index (κ3) is 8.52. The fourth-order valence-corrected chi connectivity index (χ4v) is 6.25. The zero-order chi connectivity index (χ0) is 21.0. The average molecular weight is 408 g/mol. The molecule has 1 aromatic carbocycles. The maximum Gasteiger partial charge on any atom is 0.285 e. The third-order valence-corrected chi connectivity index (χ3v) is 7.98. The molecular weight excluding hydrogens is 365 g/mol. The van der Waals surface area contributed by atoms with E-state index >= 15 is 0 Å². The van der Waals surface area contributed by atoms with Gasteiger partial charge in [0.2, 0.25) is 0 Å². The first-order valence-corrected chi connectivity index (χ1v) is 13.1. The summed E-state index contributed by atoms with van der Waals surface area (Å²) in [6.45, 7) is 12.0. The number of amides is 1. The van der Waals surface area contributed by atoms with Crippen molar-refractivity contribution in [2.24, 2.45) is 11.8 Å². The fraction of sp³-hybridized carbons (Fsp3) is 0.708. The molecule has 4 heteroatoms. The lowest BCUT2D eigenvalue weighted by molar-refractivity contribution is 0.205. The molecule has 0 aliphatic heterocycles. The summed E-state index contributed by atoms with van der Waals surface area (Å²) < 4.78 is 14.1. The molecular formula is C24H42NO2P. The van der Waals surface area contributed by atoms with Gasteiger partial charge in [-0.1, -0.05) is 103 Å². The lowest BCUT2D eigenvalue weighted by Crippen LogP contribution is -2.38. The van der Waals surface area contributed by atoms with Crippen molar-refractivity contribution < 1.29 is 9.36 Å². The summed E-state index contributed by atoms with van der Waals surface area (Å²) in [5, 5.41) is 0.725. The van der Waals surface area contributed by atoms with Crippen molar-refractivity contribution in [3.8, 4) is 0 Å². The molecule has 1 atom stereocenters. The van der Waals surface area contributed by atoms with E-state index in [1.807, 2.05) is 35.2 Å². The highest BCUT2D eigenvalue weighted by Gasteiger charge is 2.37. The number of carbonyl (C=O) groups excluding carboxylic acids is 1. The van der Waals surface area contributed by atoms with Crippen LogP contribution in [0.15, 0.2) is 30.3 Å². The molecule has 0 radical (unpaired) electrons. The number of nitrogens with zero attached hydrogens (tertiary/aromatic N) is 1. The first kappa shape index (κ1) is 25.0. The normalized spacial score (nSPS) is 13.7. The van der Waals surface area contributed by atoms with Crippen molar-refractivity contribution in [3.63, 3.8) is 0 Å². The number of hydrogen-bond acceptors (Lipinski definition) is 2. The highest BCUT2D eigenvalue weighted by Crippen LogP contribution is 2.48. The van der Waals surface area contributed by atoms with Gasteiger partial charge in [0.05, 0.1) is 0 Å². The van der Waals surface area contributed by atoms with Crippen LogP contribution in [0.2, 0.25) is 0 Å². The van der Waals surface area contributed by atoms with Crippen molar-refractivity contribution in [1.82, 2.24) is 4.90 Å². The van der Waals surface area contributed by atoms with E-state index in [9.17, 15) is 9.36 Å². The molecule has 1 unspecified atom stereocenters. The molecule has 0 aliphatic carbocycles. The Labute approximate surface area is 173 Å². The minimum absolute atomic E-state index is 0.132. The Bertz CT molecular complexity index is 588. The van der Waals surface area contributed by atoms with Crippen molar-refractivity contribution in [1.29, 1.82) is 0 Å². The van der Waals surface area contributed by atoms with E-state index < -0.39 is 7.14 Å². The Morgan fingerprint density at radius 1 is 0.857 bits per heavy atom. The first-order valence-electron chi connectivity index (χ1n) is 11.2. The van der Waals surface area contributed by atoms with Gasteiger partial charge in [0.15, 0.2) is 7.14 Å². The second kappa shape index (κ2) is 13.2. The largest absolute Gasteiger partial charge is 0.336 e. The minimum Gasteiger partial charge on any atom is -0.336 e. The predicted octanol–water partition coefficient (Wildman–Crippen LogP) is 7.16. The van der Waals surface area contributed by atoms with E-state index in [1.165, 1.54) is 32.1 Å². The van der Waals surface area contributed by atoms with Crippen LogP contribution in [0.3, 0.4) is 0 Å². The quantitative estimate of drug-likeness (QED) is 0.242. The summed E-state index contributed by atoms with van der Waals surface area (Å²) in [6, 6.07) is 9.47. The molecule has 0 fully saturated rings. The van der Waals surface area contributed by atoms with Gasteiger partial charge in [-0.25, -0.2) is 0 Å². The van der Waals surface area contributed by atoms with Crippen LogP contribution in [0.5, 0.6) is 0 Å². The maximum absolute atomic E-state index is 14.1. The van der Waals surface area contributed by atoms with Gasteiger partial charge in [-0.05, 0) is 18.3 Å². The standard InChI is InChI=1S/C24H42NO2P/c1-6-7-8-9-10-11-15-18-28(27,23-16-13-12-14-17-23)24(26)25(19-21(2)3)20-22(4)5/h12-14,16-17,21-22H,6-11,15,18-20H2,1-5H3. The van der Waals surface area contributed by atoms with Gasteiger partial charge in [-0.3, -0.25) is 4.79 Å². The summed E-state index contributed by atoms with van der Waals surface area (Å²) in [7, 11) is -3.11. The van der Waals surface area contributed by atoms with E-state index in [1.54, 1.807) is 0 Å². The number of carbonyl (C=O) groups is 1.